The van der Waals surface area contributed by atoms with E-state index in [9.17, 15) is 0 Å². The van der Waals surface area contributed by atoms with Gasteiger partial charge in [0.25, 0.3) is 0 Å². The average molecular weight is 266 g/mol. The molecular weight excluding hydrogens is 248 g/mol. The maximum atomic E-state index is 8.94. The molecule has 0 aliphatic carbocycles. The van der Waals surface area contributed by atoms with E-state index < -0.39 is 0 Å². The Morgan fingerprint density at radius 2 is 2.15 bits per heavy atom. The molecule has 1 aromatic heterocycles. The Balaban J connectivity index is 2.24. The van der Waals surface area contributed by atoms with Gasteiger partial charge in [0.05, 0.1) is 11.6 Å². The smallest absolute Gasteiger partial charge is 0.133 e. The molecule has 0 aliphatic heterocycles. The van der Waals surface area contributed by atoms with Crippen molar-refractivity contribution < 1.29 is 0 Å². The van der Waals surface area contributed by atoms with Gasteiger partial charge in [-0.2, -0.15) is 5.26 Å². The lowest BCUT2D eigenvalue weighted by Gasteiger charge is -2.22. The van der Waals surface area contributed by atoms with E-state index in [1.165, 1.54) is 0 Å². The number of nitrogens with two attached hydrogens (primary N) is 1. The molecule has 0 saturated carbocycles. The van der Waals surface area contributed by atoms with Gasteiger partial charge in [0.15, 0.2) is 0 Å². The normalized spacial score (nSPS) is 11.7. The van der Waals surface area contributed by atoms with E-state index in [2.05, 4.69) is 16.0 Å². The molecule has 4 nitrogen and oxygen atoms in total. The number of nitriles is 1. The summed E-state index contributed by atoms with van der Waals surface area (Å²) in [5, 5.41) is 8.94. The summed E-state index contributed by atoms with van der Waals surface area (Å²) in [7, 11) is 1.98. The van der Waals surface area contributed by atoms with Crippen molar-refractivity contribution in [3.63, 3.8) is 0 Å². The zero-order valence-electron chi connectivity index (χ0n) is 11.7. The van der Waals surface area contributed by atoms with Crippen LogP contribution in [0.1, 0.15) is 29.7 Å². The molecular formula is C16H18N4. The fraction of sp³-hybridized carbons (Fsp3) is 0.250. The highest BCUT2D eigenvalue weighted by atomic mass is 15.2. The highest BCUT2D eigenvalue weighted by molar-refractivity contribution is 5.48. The number of pyridine rings is 1. The van der Waals surface area contributed by atoms with Crippen molar-refractivity contribution >= 4 is 5.82 Å². The van der Waals surface area contributed by atoms with Gasteiger partial charge in [0.2, 0.25) is 0 Å². The zero-order chi connectivity index (χ0) is 14.5. The molecule has 1 aromatic carbocycles. The third-order valence-corrected chi connectivity index (χ3v) is 3.14. The molecule has 0 aliphatic rings. The minimum absolute atomic E-state index is 0.0633. The highest BCUT2D eigenvalue weighted by Gasteiger charge is 2.12. The van der Waals surface area contributed by atoms with E-state index in [4.69, 9.17) is 11.0 Å². The summed E-state index contributed by atoms with van der Waals surface area (Å²) < 4.78 is 0. The van der Waals surface area contributed by atoms with Crippen molar-refractivity contribution in [3.05, 3.63) is 59.3 Å². The van der Waals surface area contributed by atoms with Crippen molar-refractivity contribution in [2.75, 3.05) is 11.9 Å². The standard InChI is InChI=1S/C16H18N4/c1-12(18)15-7-4-8-19-16(15)20(2)11-14-6-3-5-13(9-14)10-17/h3-9,12H,11,18H2,1-2H3/t12-/m1/s1. The van der Waals surface area contributed by atoms with Gasteiger partial charge in [-0.1, -0.05) is 18.2 Å². The molecule has 2 rings (SSSR count). The fourth-order valence-corrected chi connectivity index (χ4v) is 2.17. The number of aromatic nitrogens is 1. The predicted molar refractivity (Wildman–Crippen MR) is 80.1 cm³/mol. The molecule has 2 N–H and O–H groups in total. The second kappa shape index (κ2) is 6.18. The first-order chi connectivity index (χ1) is 9.61. The van der Waals surface area contributed by atoms with Crippen molar-refractivity contribution in [2.24, 2.45) is 5.73 Å². The molecule has 102 valence electrons. The van der Waals surface area contributed by atoms with Crippen molar-refractivity contribution in [1.82, 2.24) is 4.98 Å². The van der Waals surface area contributed by atoms with Crippen LogP contribution in [0.4, 0.5) is 5.82 Å². The quantitative estimate of drug-likeness (QED) is 0.923. The van der Waals surface area contributed by atoms with Crippen LogP contribution < -0.4 is 10.6 Å². The van der Waals surface area contributed by atoms with Crippen LogP contribution in [0.2, 0.25) is 0 Å². The van der Waals surface area contributed by atoms with Crippen LogP contribution in [0.3, 0.4) is 0 Å². The molecule has 0 saturated heterocycles. The van der Waals surface area contributed by atoms with Gasteiger partial charge in [-0.25, -0.2) is 4.98 Å². The Morgan fingerprint density at radius 1 is 1.35 bits per heavy atom. The third-order valence-electron chi connectivity index (χ3n) is 3.14. The monoisotopic (exact) mass is 266 g/mol. The fourth-order valence-electron chi connectivity index (χ4n) is 2.17. The van der Waals surface area contributed by atoms with Gasteiger partial charge in [0, 0.05) is 31.4 Å². The van der Waals surface area contributed by atoms with Crippen LogP contribution in [-0.4, -0.2) is 12.0 Å². The number of hydrogen-bond donors (Lipinski definition) is 1. The van der Waals surface area contributed by atoms with E-state index in [0.29, 0.717) is 12.1 Å². The van der Waals surface area contributed by atoms with Gasteiger partial charge >= 0.3 is 0 Å². The summed E-state index contributed by atoms with van der Waals surface area (Å²) >= 11 is 0. The van der Waals surface area contributed by atoms with Crippen LogP contribution in [0.15, 0.2) is 42.6 Å². The van der Waals surface area contributed by atoms with Crippen LogP contribution in [0, 0.1) is 11.3 Å². The summed E-state index contributed by atoms with van der Waals surface area (Å²) in [6.07, 6.45) is 1.77. The van der Waals surface area contributed by atoms with E-state index in [0.717, 1.165) is 16.9 Å². The van der Waals surface area contributed by atoms with Crippen LogP contribution >= 0.6 is 0 Å². The molecule has 4 heteroatoms. The molecule has 1 atom stereocenters. The van der Waals surface area contributed by atoms with Gasteiger partial charge in [-0.05, 0) is 30.7 Å². The Morgan fingerprint density at radius 3 is 2.85 bits per heavy atom. The molecule has 1 heterocycles. The maximum absolute atomic E-state index is 8.94. The van der Waals surface area contributed by atoms with Crippen LogP contribution in [0.25, 0.3) is 0 Å². The Labute approximate surface area is 119 Å². The molecule has 0 amide bonds. The minimum atomic E-state index is -0.0633. The first kappa shape index (κ1) is 14.0. The average Bonchev–Trinajstić information content (AvgIpc) is 2.47. The number of anilines is 1. The van der Waals surface area contributed by atoms with Crippen molar-refractivity contribution in [2.45, 2.75) is 19.5 Å². The lowest BCUT2D eigenvalue weighted by atomic mass is 10.1. The lowest BCUT2D eigenvalue weighted by molar-refractivity contribution is 0.788. The largest absolute Gasteiger partial charge is 0.355 e. The molecule has 0 fully saturated rings. The van der Waals surface area contributed by atoms with Crippen LogP contribution in [0.5, 0.6) is 0 Å². The topological polar surface area (TPSA) is 65.9 Å². The van der Waals surface area contributed by atoms with Gasteiger partial charge in [0.1, 0.15) is 5.82 Å². The minimum Gasteiger partial charge on any atom is -0.355 e. The molecule has 0 unspecified atom stereocenters. The number of nitrogens with zero attached hydrogens (tertiary/aromatic N) is 3. The first-order valence-electron chi connectivity index (χ1n) is 6.52. The van der Waals surface area contributed by atoms with Gasteiger partial charge in [-0.3, -0.25) is 0 Å². The van der Waals surface area contributed by atoms with E-state index in [1.807, 2.05) is 44.3 Å². The third kappa shape index (κ3) is 3.14. The van der Waals surface area contributed by atoms with E-state index in [-0.39, 0.29) is 6.04 Å². The molecule has 0 bridgehead atoms. The number of hydrogen-bond acceptors (Lipinski definition) is 4. The highest BCUT2D eigenvalue weighted by Crippen LogP contribution is 2.22. The summed E-state index contributed by atoms with van der Waals surface area (Å²) in [6, 6.07) is 13.6. The van der Waals surface area contributed by atoms with E-state index >= 15 is 0 Å². The van der Waals surface area contributed by atoms with E-state index in [1.54, 1.807) is 12.3 Å². The summed E-state index contributed by atoms with van der Waals surface area (Å²) in [5.74, 6) is 0.880. The predicted octanol–water partition coefficient (Wildman–Crippen LogP) is 2.61. The summed E-state index contributed by atoms with van der Waals surface area (Å²) in [6.45, 7) is 2.64. The Kier molecular flexibility index (Phi) is 4.34. The second-order valence-corrected chi connectivity index (χ2v) is 4.87. The van der Waals surface area contributed by atoms with Crippen LogP contribution in [-0.2, 0) is 6.54 Å². The van der Waals surface area contributed by atoms with Crippen molar-refractivity contribution in [1.29, 1.82) is 5.26 Å². The maximum Gasteiger partial charge on any atom is 0.133 e. The molecule has 2 aromatic rings. The number of benzene rings is 1. The van der Waals surface area contributed by atoms with Gasteiger partial charge in [-0.15, -0.1) is 0 Å². The first-order valence-corrected chi connectivity index (χ1v) is 6.52. The Bertz CT molecular complexity index is 628. The molecule has 0 radical (unpaired) electrons. The summed E-state index contributed by atoms with van der Waals surface area (Å²) in [5.41, 5.74) is 8.75. The molecule has 20 heavy (non-hydrogen) atoms. The lowest BCUT2D eigenvalue weighted by Crippen LogP contribution is -2.21. The Hall–Kier alpha value is -2.38. The SMILES string of the molecule is C[C@@H](N)c1cccnc1N(C)Cc1cccc(C#N)c1. The zero-order valence-corrected chi connectivity index (χ0v) is 11.7. The molecule has 0 spiro atoms. The summed E-state index contributed by atoms with van der Waals surface area (Å²) in [4.78, 5) is 6.47. The van der Waals surface area contributed by atoms with Gasteiger partial charge < -0.3 is 10.6 Å². The number of rotatable bonds is 4. The second-order valence-electron chi connectivity index (χ2n) is 4.87. The van der Waals surface area contributed by atoms with Crippen molar-refractivity contribution in [3.8, 4) is 6.07 Å².